The van der Waals surface area contributed by atoms with Crippen molar-refractivity contribution in [3.63, 3.8) is 0 Å². The highest BCUT2D eigenvalue weighted by atomic mass is 16.5. The van der Waals surface area contributed by atoms with Crippen LogP contribution in [0.1, 0.15) is 43.4 Å². The monoisotopic (exact) mass is 459 g/mol. The van der Waals surface area contributed by atoms with Gasteiger partial charge in [0.1, 0.15) is 24.0 Å². The van der Waals surface area contributed by atoms with Gasteiger partial charge in [-0.15, -0.1) is 0 Å². The van der Waals surface area contributed by atoms with Crippen LogP contribution in [0.4, 0.5) is 4.79 Å². The van der Waals surface area contributed by atoms with Crippen LogP contribution in [-0.2, 0) is 16.0 Å². The number of aliphatic carboxylic acids is 1. The number of carbonyl (C=O) groups excluding carboxylic acids is 1. The highest BCUT2D eigenvalue weighted by Crippen LogP contribution is 2.44. The number of alkyl carbamates (subject to hydrolysis) is 1. The fraction of sp³-hybridized carbons (Fsp3) is 0.286. The molecule has 0 spiro atoms. The summed E-state index contributed by atoms with van der Waals surface area (Å²) < 4.78 is 11.4. The van der Waals surface area contributed by atoms with Gasteiger partial charge in [0.05, 0.1) is 0 Å². The fourth-order valence-corrected chi connectivity index (χ4v) is 4.31. The molecule has 0 saturated carbocycles. The lowest BCUT2D eigenvalue weighted by Gasteiger charge is -2.22. The maximum absolute atomic E-state index is 12.6. The van der Waals surface area contributed by atoms with Crippen LogP contribution < -0.4 is 10.1 Å². The summed E-state index contributed by atoms with van der Waals surface area (Å²) in [7, 11) is 0. The Morgan fingerprint density at radius 2 is 1.56 bits per heavy atom. The van der Waals surface area contributed by atoms with Crippen LogP contribution in [0.15, 0.2) is 72.8 Å². The number of rotatable bonds is 7. The molecule has 6 nitrogen and oxygen atoms in total. The number of fused-ring (bicyclic) bond motifs is 3. The van der Waals surface area contributed by atoms with Gasteiger partial charge in [0.2, 0.25) is 0 Å². The third-order valence-electron chi connectivity index (χ3n) is 5.70. The Bertz CT molecular complexity index is 1150. The Morgan fingerprint density at radius 3 is 2.15 bits per heavy atom. The van der Waals surface area contributed by atoms with E-state index in [9.17, 15) is 14.7 Å². The molecule has 0 saturated heterocycles. The minimum Gasteiger partial charge on any atom is -0.488 e. The van der Waals surface area contributed by atoms with Crippen LogP contribution in [0.2, 0.25) is 0 Å². The van der Waals surface area contributed by atoms with Gasteiger partial charge >= 0.3 is 12.1 Å². The van der Waals surface area contributed by atoms with E-state index in [4.69, 9.17) is 9.47 Å². The van der Waals surface area contributed by atoms with E-state index in [0.717, 1.165) is 27.8 Å². The van der Waals surface area contributed by atoms with Crippen molar-refractivity contribution in [2.75, 3.05) is 6.61 Å². The second-order valence-corrected chi connectivity index (χ2v) is 9.43. The molecule has 34 heavy (non-hydrogen) atoms. The first-order chi connectivity index (χ1) is 16.2. The van der Waals surface area contributed by atoms with Crippen molar-refractivity contribution in [3.05, 3.63) is 89.5 Å². The molecule has 0 bridgehead atoms. The molecule has 0 aliphatic heterocycles. The van der Waals surface area contributed by atoms with Gasteiger partial charge in [-0.3, -0.25) is 0 Å². The van der Waals surface area contributed by atoms with E-state index >= 15 is 0 Å². The number of amides is 1. The molecule has 0 radical (unpaired) electrons. The lowest BCUT2D eigenvalue weighted by atomic mass is 9.98. The van der Waals surface area contributed by atoms with Crippen LogP contribution in [0.5, 0.6) is 5.75 Å². The Morgan fingerprint density at radius 1 is 0.941 bits per heavy atom. The molecule has 0 heterocycles. The highest BCUT2D eigenvalue weighted by Gasteiger charge is 2.30. The number of hydrogen-bond donors (Lipinski definition) is 2. The number of carboxylic acid groups (broad SMARTS) is 1. The fourth-order valence-electron chi connectivity index (χ4n) is 4.31. The van der Waals surface area contributed by atoms with Gasteiger partial charge in [-0.25, -0.2) is 9.59 Å². The molecule has 0 fully saturated rings. The first-order valence-electron chi connectivity index (χ1n) is 11.3. The van der Waals surface area contributed by atoms with Crippen LogP contribution in [0.25, 0.3) is 11.1 Å². The average molecular weight is 460 g/mol. The molecule has 4 rings (SSSR count). The summed E-state index contributed by atoms with van der Waals surface area (Å²) in [5.41, 5.74) is 4.84. The van der Waals surface area contributed by atoms with Crippen LogP contribution >= 0.6 is 0 Å². The highest BCUT2D eigenvalue weighted by molar-refractivity contribution is 5.81. The van der Waals surface area contributed by atoms with Crippen LogP contribution in [-0.4, -0.2) is 35.4 Å². The Hall–Kier alpha value is -3.80. The summed E-state index contributed by atoms with van der Waals surface area (Å²) in [4.78, 5) is 24.4. The second kappa shape index (κ2) is 9.59. The molecule has 1 atom stereocenters. The third-order valence-corrected chi connectivity index (χ3v) is 5.70. The van der Waals surface area contributed by atoms with Crippen molar-refractivity contribution in [2.24, 2.45) is 0 Å². The van der Waals surface area contributed by atoms with E-state index in [2.05, 4.69) is 17.4 Å². The van der Waals surface area contributed by atoms with Crippen molar-refractivity contribution in [1.29, 1.82) is 0 Å². The van der Waals surface area contributed by atoms with Crippen LogP contribution in [0.3, 0.4) is 0 Å². The molecule has 6 heteroatoms. The lowest BCUT2D eigenvalue weighted by Crippen LogP contribution is -2.42. The first kappa shape index (κ1) is 23.4. The molecular weight excluding hydrogens is 430 g/mol. The summed E-state index contributed by atoms with van der Waals surface area (Å²) in [6.07, 6.45) is -0.641. The molecule has 0 unspecified atom stereocenters. The van der Waals surface area contributed by atoms with Gasteiger partial charge < -0.3 is 19.9 Å². The zero-order chi connectivity index (χ0) is 24.3. The van der Waals surface area contributed by atoms with Gasteiger partial charge in [-0.1, -0.05) is 60.7 Å². The number of nitrogens with one attached hydrogen (secondary N) is 1. The zero-order valence-corrected chi connectivity index (χ0v) is 19.6. The van der Waals surface area contributed by atoms with E-state index in [0.29, 0.717) is 5.75 Å². The van der Waals surface area contributed by atoms with Crippen LogP contribution in [0, 0.1) is 0 Å². The SMILES string of the molecule is CC(C)(C)Oc1cccc(C[C@@H](NC(=O)OCC2c3ccccc3-c3ccccc32)C(=O)O)c1. The molecule has 3 aromatic rings. The van der Waals surface area contributed by atoms with Crippen molar-refractivity contribution in [1.82, 2.24) is 5.32 Å². The normalized spacial score (nSPS) is 13.5. The number of hydrogen-bond acceptors (Lipinski definition) is 4. The largest absolute Gasteiger partial charge is 0.488 e. The van der Waals surface area contributed by atoms with E-state index in [1.54, 1.807) is 6.07 Å². The predicted molar refractivity (Wildman–Crippen MR) is 130 cm³/mol. The first-order valence-corrected chi connectivity index (χ1v) is 11.3. The number of carboxylic acids is 1. The van der Waals surface area contributed by atoms with Gasteiger partial charge in [0.15, 0.2) is 0 Å². The number of ether oxygens (including phenoxy) is 2. The third kappa shape index (κ3) is 5.39. The van der Waals surface area contributed by atoms with E-state index in [1.165, 1.54) is 0 Å². The van der Waals surface area contributed by atoms with Gasteiger partial charge in [-0.2, -0.15) is 0 Å². The topological polar surface area (TPSA) is 84.9 Å². The summed E-state index contributed by atoms with van der Waals surface area (Å²) in [5, 5.41) is 12.2. The van der Waals surface area contributed by atoms with Crippen molar-refractivity contribution in [2.45, 2.75) is 44.8 Å². The lowest BCUT2D eigenvalue weighted by molar-refractivity contribution is -0.139. The molecule has 2 N–H and O–H groups in total. The average Bonchev–Trinajstić information content (AvgIpc) is 3.10. The summed E-state index contributed by atoms with van der Waals surface area (Å²) in [6, 6.07) is 22.2. The number of carbonyl (C=O) groups is 2. The quantitative estimate of drug-likeness (QED) is 0.494. The molecule has 176 valence electrons. The molecule has 0 aromatic heterocycles. The molecule has 1 aliphatic carbocycles. The van der Waals surface area contributed by atoms with Crippen molar-refractivity contribution >= 4 is 12.1 Å². The predicted octanol–water partition coefficient (Wildman–Crippen LogP) is 5.40. The maximum Gasteiger partial charge on any atom is 0.407 e. The van der Waals surface area contributed by atoms with E-state index in [-0.39, 0.29) is 24.5 Å². The minimum absolute atomic E-state index is 0.0901. The zero-order valence-electron chi connectivity index (χ0n) is 19.6. The molecule has 3 aromatic carbocycles. The summed E-state index contributed by atoms with van der Waals surface area (Å²) in [6.45, 7) is 5.95. The molecular formula is C28H29NO5. The van der Waals surface area contributed by atoms with Gasteiger partial charge in [-0.05, 0) is 60.7 Å². The standard InChI is InChI=1S/C28H29NO5/c1-28(2,3)34-19-10-8-9-18(15-19)16-25(26(30)31)29-27(32)33-17-24-22-13-6-4-11-20(22)21-12-5-7-14-23(21)24/h4-15,24-25H,16-17H2,1-3H3,(H,29,32)(H,30,31)/t25-/m1/s1. The van der Waals surface area contributed by atoms with Crippen molar-refractivity contribution < 1.29 is 24.2 Å². The van der Waals surface area contributed by atoms with Crippen molar-refractivity contribution in [3.8, 4) is 16.9 Å². The van der Waals surface area contributed by atoms with E-state index < -0.39 is 18.1 Å². The van der Waals surface area contributed by atoms with Gasteiger partial charge in [0, 0.05) is 12.3 Å². The molecule has 1 aliphatic rings. The second-order valence-electron chi connectivity index (χ2n) is 9.43. The molecule has 1 amide bonds. The van der Waals surface area contributed by atoms with E-state index in [1.807, 2.05) is 75.4 Å². The Labute approximate surface area is 199 Å². The summed E-state index contributed by atoms with van der Waals surface area (Å²) >= 11 is 0. The minimum atomic E-state index is -1.13. The number of benzene rings is 3. The smallest absolute Gasteiger partial charge is 0.407 e. The maximum atomic E-state index is 12.6. The Balaban J connectivity index is 1.41. The Kier molecular flexibility index (Phi) is 6.59. The summed E-state index contributed by atoms with van der Waals surface area (Å²) in [5.74, 6) is -0.571. The van der Waals surface area contributed by atoms with Gasteiger partial charge in [0.25, 0.3) is 0 Å².